The third-order valence-electron chi connectivity index (χ3n) is 3.40. The minimum atomic E-state index is -0.0791. The molecule has 0 aliphatic heterocycles. The summed E-state index contributed by atoms with van der Waals surface area (Å²) in [5, 5.41) is 0. The molecule has 2 aromatic rings. The molecule has 0 N–H and O–H groups in total. The SMILES string of the molecule is O=C(Cn1c2c(ccc1=O)CCC2)c1ccc(Br)s1. The van der Waals surface area contributed by atoms with Gasteiger partial charge in [0.2, 0.25) is 0 Å². The van der Waals surface area contributed by atoms with Gasteiger partial charge in [0, 0.05) is 11.8 Å². The number of aromatic nitrogens is 1. The standard InChI is InChI=1S/C14H12BrNO2S/c15-13-6-5-12(19-13)11(17)8-16-10-3-1-2-9(10)4-7-14(16)18/h4-7H,1-3,8H2. The average Bonchev–Trinajstić information content (AvgIpc) is 3.01. The van der Waals surface area contributed by atoms with Gasteiger partial charge in [-0.15, -0.1) is 11.3 Å². The normalized spacial score (nSPS) is 13.5. The number of Topliss-reactive ketones (excluding diaryl/α,β-unsaturated/α-hetero) is 1. The first-order valence-electron chi connectivity index (χ1n) is 6.15. The summed E-state index contributed by atoms with van der Waals surface area (Å²) >= 11 is 4.75. The molecule has 1 aliphatic carbocycles. The van der Waals surface area contributed by atoms with E-state index in [-0.39, 0.29) is 17.9 Å². The fourth-order valence-corrected chi connectivity index (χ4v) is 3.81. The van der Waals surface area contributed by atoms with E-state index in [1.165, 1.54) is 16.9 Å². The van der Waals surface area contributed by atoms with E-state index in [0.29, 0.717) is 4.88 Å². The number of hydrogen-bond acceptors (Lipinski definition) is 3. The Hall–Kier alpha value is -1.20. The van der Waals surface area contributed by atoms with E-state index >= 15 is 0 Å². The number of carbonyl (C=O) groups is 1. The molecular weight excluding hydrogens is 326 g/mol. The summed E-state index contributed by atoms with van der Waals surface area (Å²) in [5.74, 6) is -0.00176. The minimum Gasteiger partial charge on any atom is -0.305 e. The average molecular weight is 338 g/mol. The van der Waals surface area contributed by atoms with E-state index in [1.54, 1.807) is 16.7 Å². The number of pyridine rings is 1. The predicted molar refractivity (Wildman–Crippen MR) is 79.1 cm³/mol. The zero-order chi connectivity index (χ0) is 13.4. The first-order chi connectivity index (χ1) is 9.15. The van der Waals surface area contributed by atoms with E-state index in [9.17, 15) is 9.59 Å². The molecule has 0 fully saturated rings. The molecule has 1 aliphatic rings. The molecule has 0 saturated heterocycles. The highest BCUT2D eigenvalue weighted by atomic mass is 79.9. The van der Waals surface area contributed by atoms with E-state index in [2.05, 4.69) is 15.9 Å². The van der Waals surface area contributed by atoms with Crippen LogP contribution in [0.4, 0.5) is 0 Å². The molecule has 0 amide bonds. The molecule has 0 bridgehead atoms. The van der Waals surface area contributed by atoms with Gasteiger partial charge in [-0.2, -0.15) is 0 Å². The summed E-state index contributed by atoms with van der Waals surface area (Å²) in [6.45, 7) is 0.148. The first kappa shape index (κ1) is 12.8. The molecule has 0 unspecified atom stereocenters. The molecule has 0 spiro atoms. The number of rotatable bonds is 3. The van der Waals surface area contributed by atoms with Crippen molar-refractivity contribution in [3.8, 4) is 0 Å². The van der Waals surface area contributed by atoms with Crippen molar-refractivity contribution in [1.82, 2.24) is 4.57 Å². The van der Waals surface area contributed by atoms with Gasteiger partial charge in [0.1, 0.15) is 0 Å². The third-order valence-corrected chi connectivity index (χ3v) is 5.06. The number of hydrogen-bond donors (Lipinski definition) is 0. The Morgan fingerprint density at radius 1 is 1.26 bits per heavy atom. The molecular formula is C14H12BrNO2S. The van der Waals surface area contributed by atoms with E-state index in [1.807, 2.05) is 12.1 Å². The maximum atomic E-state index is 12.2. The second-order valence-electron chi connectivity index (χ2n) is 4.61. The lowest BCUT2D eigenvalue weighted by Crippen LogP contribution is -2.26. The largest absolute Gasteiger partial charge is 0.305 e. The number of fused-ring (bicyclic) bond motifs is 1. The Bertz CT molecular complexity index is 702. The van der Waals surface area contributed by atoms with E-state index in [4.69, 9.17) is 0 Å². The van der Waals surface area contributed by atoms with Crippen LogP contribution < -0.4 is 5.56 Å². The van der Waals surface area contributed by atoms with Crippen molar-refractivity contribution in [2.45, 2.75) is 25.8 Å². The highest BCUT2D eigenvalue weighted by Gasteiger charge is 2.18. The Labute approximate surface area is 123 Å². The summed E-state index contributed by atoms with van der Waals surface area (Å²) in [4.78, 5) is 24.9. The van der Waals surface area contributed by atoms with E-state index < -0.39 is 0 Å². The van der Waals surface area contributed by atoms with Gasteiger partial charge < -0.3 is 4.57 Å². The summed E-state index contributed by atoms with van der Waals surface area (Å²) in [5.41, 5.74) is 2.17. The minimum absolute atomic E-state index is 0.00176. The fourth-order valence-electron chi connectivity index (χ4n) is 2.49. The van der Waals surface area contributed by atoms with Gasteiger partial charge in [-0.05, 0) is 52.9 Å². The van der Waals surface area contributed by atoms with Gasteiger partial charge in [-0.25, -0.2) is 0 Å². The van der Waals surface area contributed by atoms with Gasteiger partial charge in [0.05, 0.1) is 15.2 Å². The van der Waals surface area contributed by atoms with Crippen LogP contribution >= 0.6 is 27.3 Å². The molecule has 98 valence electrons. The smallest absolute Gasteiger partial charge is 0.251 e. The quantitative estimate of drug-likeness (QED) is 0.807. The van der Waals surface area contributed by atoms with Gasteiger partial charge in [0.15, 0.2) is 5.78 Å². The molecule has 0 saturated carbocycles. The molecule has 5 heteroatoms. The van der Waals surface area contributed by atoms with Crippen molar-refractivity contribution in [3.05, 3.63) is 54.5 Å². The number of halogens is 1. The molecule has 3 nitrogen and oxygen atoms in total. The van der Waals surface area contributed by atoms with Crippen LogP contribution in [0.15, 0.2) is 32.8 Å². The Kier molecular flexibility index (Phi) is 3.41. The highest BCUT2D eigenvalue weighted by Crippen LogP contribution is 2.24. The second kappa shape index (κ2) is 5.06. The molecule has 2 heterocycles. The maximum absolute atomic E-state index is 12.2. The van der Waals surface area contributed by atoms with Crippen molar-refractivity contribution < 1.29 is 4.79 Å². The highest BCUT2D eigenvalue weighted by molar-refractivity contribution is 9.11. The fraction of sp³-hybridized carbons (Fsp3) is 0.286. The van der Waals surface area contributed by atoms with Crippen LogP contribution in [0, 0.1) is 0 Å². The Morgan fingerprint density at radius 2 is 2.11 bits per heavy atom. The summed E-state index contributed by atoms with van der Waals surface area (Å²) < 4.78 is 2.57. The van der Waals surface area contributed by atoms with Crippen LogP contribution in [0.1, 0.15) is 27.3 Å². The lowest BCUT2D eigenvalue weighted by atomic mass is 10.2. The first-order valence-corrected chi connectivity index (χ1v) is 7.76. The number of carbonyl (C=O) groups excluding carboxylic acids is 1. The summed E-state index contributed by atoms with van der Waals surface area (Å²) in [6, 6.07) is 7.12. The van der Waals surface area contributed by atoms with Gasteiger partial charge in [-0.3, -0.25) is 9.59 Å². The molecule has 0 aromatic carbocycles. The lowest BCUT2D eigenvalue weighted by Gasteiger charge is -2.10. The molecule has 3 rings (SSSR count). The molecule has 0 radical (unpaired) electrons. The predicted octanol–water partition coefficient (Wildman–Crippen LogP) is 3.04. The van der Waals surface area contributed by atoms with Gasteiger partial charge >= 0.3 is 0 Å². The van der Waals surface area contributed by atoms with E-state index in [0.717, 1.165) is 28.7 Å². The summed E-state index contributed by atoms with van der Waals surface area (Å²) in [6.07, 6.45) is 2.97. The van der Waals surface area contributed by atoms with Crippen LogP contribution in [0.5, 0.6) is 0 Å². The second-order valence-corrected chi connectivity index (χ2v) is 7.07. The van der Waals surface area contributed by atoms with Crippen molar-refractivity contribution in [2.75, 3.05) is 0 Å². The topological polar surface area (TPSA) is 39.1 Å². The molecule has 2 aromatic heterocycles. The third kappa shape index (κ3) is 2.44. The Morgan fingerprint density at radius 3 is 2.84 bits per heavy atom. The van der Waals surface area contributed by atoms with Crippen LogP contribution in [0.3, 0.4) is 0 Å². The zero-order valence-corrected chi connectivity index (χ0v) is 12.6. The van der Waals surface area contributed by atoms with Crippen LogP contribution in [-0.2, 0) is 19.4 Å². The number of aryl methyl sites for hydroxylation is 1. The van der Waals surface area contributed by atoms with Gasteiger partial charge in [0.25, 0.3) is 5.56 Å². The van der Waals surface area contributed by atoms with Crippen molar-refractivity contribution in [3.63, 3.8) is 0 Å². The number of thiophene rings is 1. The van der Waals surface area contributed by atoms with Gasteiger partial charge in [-0.1, -0.05) is 6.07 Å². The lowest BCUT2D eigenvalue weighted by molar-refractivity contribution is 0.0974. The monoisotopic (exact) mass is 337 g/mol. The zero-order valence-electron chi connectivity index (χ0n) is 10.2. The van der Waals surface area contributed by atoms with Crippen LogP contribution in [-0.4, -0.2) is 10.4 Å². The van der Waals surface area contributed by atoms with Crippen molar-refractivity contribution >= 4 is 33.0 Å². The molecule has 0 atom stereocenters. The van der Waals surface area contributed by atoms with Crippen molar-refractivity contribution in [2.24, 2.45) is 0 Å². The summed E-state index contributed by atoms with van der Waals surface area (Å²) in [7, 11) is 0. The van der Waals surface area contributed by atoms with Crippen molar-refractivity contribution in [1.29, 1.82) is 0 Å². The molecule has 19 heavy (non-hydrogen) atoms. The number of ketones is 1. The van der Waals surface area contributed by atoms with Crippen LogP contribution in [0.2, 0.25) is 0 Å². The van der Waals surface area contributed by atoms with Crippen LogP contribution in [0.25, 0.3) is 0 Å². The Balaban J connectivity index is 1.94. The maximum Gasteiger partial charge on any atom is 0.251 e. The number of nitrogens with zero attached hydrogens (tertiary/aromatic N) is 1.